The number of anilines is 1. The zero-order valence-electron chi connectivity index (χ0n) is 16.2. The number of benzene rings is 1. The van der Waals surface area contributed by atoms with Crippen molar-refractivity contribution >= 4 is 15.8 Å². The van der Waals surface area contributed by atoms with E-state index in [1.165, 1.54) is 16.6 Å². The van der Waals surface area contributed by atoms with E-state index < -0.39 is 10.0 Å². The summed E-state index contributed by atoms with van der Waals surface area (Å²) in [6, 6.07) is 7.97. The smallest absolute Gasteiger partial charge is 0.245 e. The van der Waals surface area contributed by atoms with Crippen LogP contribution in [-0.2, 0) is 23.0 Å². The molecule has 0 radical (unpaired) electrons. The van der Waals surface area contributed by atoms with Gasteiger partial charge in [0.05, 0.1) is 0 Å². The Labute approximate surface area is 160 Å². The van der Waals surface area contributed by atoms with Gasteiger partial charge in [0, 0.05) is 31.4 Å². The summed E-state index contributed by atoms with van der Waals surface area (Å²) in [4.78, 5) is 6.69. The molecule has 7 heteroatoms. The Morgan fingerprint density at radius 1 is 1.07 bits per heavy atom. The van der Waals surface area contributed by atoms with Crippen molar-refractivity contribution in [2.24, 2.45) is 0 Å². The first-order valence-electron chi connectivity index (χ1n) is 9.22. The van der Waals surface area contributed by atoms with Crippen molar-refractivity contribution in [2.45, 2.75) is 57.6 Å². The highest BCUT2D eigenvalue weighted by atomic mass is 32.2. The van der Waals surface area contributed by atoms with Crippen molar-refractivity contribution in [3.05, 3.63) is 53.5 Å². The molecule has 0 saturated heterocycles. The molecule has 2 heterocycles. The minimum Gasteiger partial charge on any atom is -0.352 e. The van der Waals surface area contributed by atoms with Gasteiger partial charge in [0.2, 0.25) is 10.0 Å². The van der Waals surface area contributed by atoms with Gasteiger partial charge < -0.3 is 4.90 Å². The number of rotatable bonds is 5. The van der Waals surface area contributed by atoms with Gasteiger partial charge in [-0.2, -0.15) is 4.31 Å². The average molecular weight is 392 g/mol. The van der Waals surface area contributed by atoms with E-state index in [0.29, 0.717) is 6.54 Å². The molecule has 1 aliphatic heterocycles. The van der Waals surface area contributed by atoms with E-state index in [-0.39, 0.29) is 22.8 Å². The number of hydrogen-bond donors (Lipinski definition) is 0. The summed E-state index contributed by atoms with van der Waals surface area (Å²) >= 11 is 0. The Morgan fingerprint density at radius 2 is 1.78 bits per heavy atom. The van der Waals surface area contributed by atoms with Crippen LogP contribution in [0, 0.1) is 5.82 Å². The molecule has 0 bridgehead atoms. The van der Waals surface area contributed by atoms with Crippen molar-refractivity contribution in [1.29, 1.82) is 0 Å². The number of pyridine rings is 1. The largest absolute Gasteiger partial charge is 0.352 e. The van der Waals surface area contributed by atoms with Crippen LogP contribution in [0.2, 0.25) is 0 Å². The molecule has 146 valence electrons. The first-order valence-corrected chi connectivity index (χ1v) is 10.7. The molecule has 0 saturated carbocycles. The predicted octanol–water partition coefficient (Wildman–Crippen LogP) is 3.59. The highest BCUT2D eigenvalue weighted by Crippen LogP contribution is 2.26. The first-order chi connectivity index (χ1) is 12.7. The van der Waals surface area contributed by atoms with Gasteiger partial charge in [-0.15, -0.1) is 0 Å². The Hall–Kier alpha value is -1.99. The molecule has 0 spiro atoms. The number of halogens is 1. The summed E-state index contributed by atoms with van der Waals surface area (Å²) in [6.07, 6.45) is 2.17. The summed E-state index contributed by atoms with van der Waals surface area (Å²) in [5, 5.41) is 0. The van der Waals surface area contributed by atoms with Crippen LogP contribution in [-0.4, -0.2) is 36.3 Å². The molecule has 0 fully saturated rings. The van der Waals surface area contributed by atoms with Gasteiger partial charge in [-0.1, -0.05) is 6.07 Å². The standard InChI is InChI=1S/C20H26FN3O2S/c1-14(2)24(15(3)4)27(25,26)19-7-8-20(22-12-19)23-10-9-16-11-18(21)6-5-17(16)13-23/h5-8,11-12,14-15H,9-10,13H2,1-4H3. The van der Waals surface area contributed by atoms with Gasteiger partial charge in [0.25, 0.3) is 0 Å². The number of sulfonamides is 1. The van der Waals surface area contributed by atoms with Gasteiger partial charge >= 0.3 is 0 Å². The van der Waals surface area contributed by atoms with Crippen LogP contribution < -0.4 is 4.90 Å². The van der Waals surface area contributed by atoms with E-state index in [1.807, 2.05) is 27.7 Å². The summed E-state index contributed by atoms with van der Waals surface area (Å²) in [6.45, 7) is 8.83. The number of aromatic nitrogens is 1. The molecule has 0 aliphatic carbocycles. The number of hydrogen-bond acceptors (Lipinski definition) is 4. The molecule has 0 amide bonds. The minimum atomic E-state index is -3.59. The van der Waals surface area contributed by atoms with Crippen LogP contribution in [0.3, 0.4) is 0 Å². The van der Waals surface area contributed by atoms with Crippen LogP contribution >= 0.6 is 0 Å². The summed E-state index contributed by atoms with van der Waals surface area (Å²) in [7, 11) is -3.59. The molecule has 0 unspecified atom stereocenters. The summed E-state index contributed by atoms with van der Waals surface area (Å²) < 4.78 is 40.7. The van der Waals surface area contributed by atoms with Gasteiger partial charge in [-0.3, -0.25) is 0 Å². The molecule has 0 N–H and O–H groups in total. The van der Waals surface area contributed by atoms with Gasteiger partial charge in [-0.25, -0.2) is 17.8 Å². The van der Waals surface area contributed by atoms with Crippen molar-refractivity contribution in [1.82, 2.24) is 9.29 Å². The fourth-order valence-corrected chi connectivity index (χ4v) is 5.48. The number of fused-ring (bicyclic) bond motifs is 1. The Kier molecular flexibility index (Phi) is 5.53. The maximum absolute atomic E-state index is 13.4. The monoisotopic (exact) mass is 391 g/mol. The van der Waals surface area contributed by atoms with Crippen molar-refractivity contribution in [2.75, 3.05) is 11.4 Å². The third-order valence-electron chi connectivity index (χ3n) is 4.82. The molecule has 1 aromatic carbocycles. The molecule has 27 heavy (non-hydrogen) atoms. The van der Waals surface area contributed by atoms with E-state index in [9.17, 15) is 12.8 Å². The summed E-state index contributed by atoms with van der Waals surface area (Å²) in [5.74, 6) is 0.513. The molecule has 1 aromatic heterocycles. The highest BCUT2D eigenvalue weighted by molar-refractivity contribution is 7.89. The lowest BCUT2D eigenvalue weighted by molar-refractivity contribution is 0.302. The molecular weight excluding hydrogens is 365 g/mol. The normalized spacial score (nSPS) is 14.9. The third-order valence-corrected chi connectivity index (χ3v) is 7.05. The second-order valence-corrected chi connectivity index (χ2v) is 9.30. The molecule has 3 rings (SSSR count). The van der Waals surface area contributed by atoms with Crippen molar-refractivity contribution in [3.8, 4) is 0 Å². The first kappa shape index (κ1) is 19.8. The van der Waals surface area contributed by atoms with Crippen LogP contribution in [0.5, 0.6) is 0 Å². The van der Waals surface area contributed by atoms with E-state index in [2.05, 4.69) is 9.88 Å². The maximum atomic E-state index is 13.4. The van der Waals surface area contributed by atoms with Crippen molar-refractivity contribution < 1.29 is 12.8 Å². The lowest BCUT2D eigenvalue weighted by Crippen LogP contribution is -2.42. The van der Waals surface area contributed by atoms with Crippen LogP contribution in [0.25, 0.3) is 0 Å². The highest BCUT2D eigenvalue weighted by Gasteiger charge is 2.30. The lowest BCUT2D eigenvalue weighted by Gasteiger charge is -2.31. The van der Waals surface area contributed by atoms with Crippen LogP contribution in [0.15, 0.2) is 41.4 Å². The van der Waals surface area contributed by atoms with Gasteiger partial charge in [0.1, 0.15) is 16.5 Å². The molecule has 2 aromatic rings. The Balaban J connectivity index is 1.83. The van der Waals surface area contributed by atoms with E-state index in [1.54, 1.807) is 24.3 Å². The SMILES string of the molecule is CC(C)N(C(C)C)S(=O)(=O)c1ccc(N2CCc3cc(F)ccc3C2)nc1. The van der Waals surface area contributed by atoms with Gasteiger partial charge in [-0.05, 0) is 69.5 Å². The predicted molar refractivity (Wildman–Crippen MR) is 105 cm³/mol. The number of nitrogens with zero attached hydrogens (tertiary/aromatic N) is 3. The van der Waals surface area contributed by atoms with Gasteiger partial charge in [0.15, 0.2) is 0 Å². The molecular formula is C20H26FN3O2S. The maximum Gasteiger partial charge on any atom is 0.245 e. The summed E-state index contributed by atoms with van der Waals surface area (Å²) in [5.41, 5.74) is 2.10. The zero-order chi connectivity index (χ0) is 19.8. The Morgan fingerprint density at radius 3 is 2.37 bits per heavy atom. The van der Waals surface area contributed by atoms with Crippen LogP contribution in [0.4, 0.5) is 10.2 Å². The second kappa shape index (κ2) is 7.56. The van der Waals surface area contributed by atoms with E-state index in [4.69, 9.17) is 0 Å². The minimum absolute atomic E-state index is 0.131. The zero-order valence-corrected chi connectivity index (χ0v) is 17.0. The lowest BCUT2D eigenvalue weighted by atomic mass is 10.00. The molecule has 0 atom stereocenters. The molecule has 5 nitrogen and oxygen atoms in total. The molecule has 1 aliphatic rings. The Bertz CT molecular complexity index is 903. The van der Waals surface area contributed by atoms with E-state index >= 15 is 0 Å². The van der Waals surface area contributed by atoms with Crippen LogP contribution in [0.1, 0.15) is 38.8 Å². The average Bonchev–Trinajstić information content (AvgIpc) is 2.60. The van der Waals surface area contributed by atoms with E-state index in [0.717, 1.165) is 29.9 Å². The second-order valence-electron chi connectivity index (χ2n) is 7.46. The quantitative estimate of drug-likeness (QED) is 0.782. The fourth-order valence-electron chi connectivity index (χ4n) is 3.70. The third kappa shape index (κ3) is 3.99. The van der Waals surface area contributed by atoms with Crippen molar-refractivity contribution in [3.63, 3.8) is 0 Å². The fraction of sp³-hybridized carbons (Fsp3) is 0.450. The topological polar surface area (TPSA) is 53.5 Å².